The first kappa shape index (κ1) is 14.0. The summed E-state index contributed by atoms with van der Waals surface area (Å²) < 4.78 is 39.5. The first-order valence-electron chi connectivity index (χ1n) is 5.17. The third kappa shape index (κ3) is 2.80. The smallest absolute Gasteiger partial charge is 0.259 e. The monoisotopic (exact) mass is 256 g/mol. The molecule has 96 valence electrons. The van der Waals surface area contributed by atoms with E-state index in [2.05, 4.69) is 0 Å². The molecule has 0 fully saturated rings. The third-order valence-electron chi connectivity index (χ3n) is 2.59. The molecule has 0 saturated heterocycles. The van der Waals surface area contributed by atoms with E-state index in [1.165, 1.54) is 7.05 Å². The van der Waals surface area contributed by atoms with Crippen LogP contribution in [0, 0.1) is 28.8 Å². The van der Waals surface area contributed by atoms with Crippen molar-refractivity contribution in [1.29, 1.82) is 5.26 Å². The first-order valence-corrected chi connectivity index (χ1v) is 5.17. The number of nitrogens with zero attached hydrogens (tertiary/aromatic N) is 2. The summed E-state index contributed by atoms with van der Waals surface area (Å²) in [7, 11) is 1.33. The summed E-state index contributed by atoms with van der Waals surface area (Å²) in [6, 6.07) is 2.24. The summed E-state index contributed by atoms with van der Waals surface area (Å²) in [5, 5.41) is 8.50. The Balaban J connectivity index is 3.09. The highest BCUT2D eigenvalue weighted by molar-refractivity contribution is 5.94. The molecular formula is C12H11F3N2O. The predicted octanol–water partition coefficient (Wildman–Crippen LogP) is 2.48. The second kappa shape index (κ2) is 5.54. The summed E-state index contributed by atoms with van der Waals surface area (Å²) in [6.07, 6.45) is 0.0344. The zero-order valence-electron chi connectivity index (χ0n) is 9.88. The van der Waals surface area contributed by atoms with E-state index in [1.54, 1.807) is 6.92 Å². The molecular weight excluding hydrogens is 245 g/mol. The maximum absolute atomic E-state index is 13.4. The molecule has 0 aliphatic rings. The van der Waals surface area contributed by atoms with Crippen molar-refractivity contribution in [3.8, 4) is 6.07 Å². The Hall–Kier alpha value is -2.03. The van der Waals surface area contributed by atoms with Gasteiger partial charge in [-0.05, 0) is 6.92 Å². The predicted molar refractivity (Wildman–Crippen MR) is 58.1 cm³/mol. The van der Waals surface area contributed by atoms with Crippen molar-refractivity contribution >= 4 is 5.91 Å². The molecule has 0 aromatic heterocycles. The number of hydrogen-bond acceptors (Lipinski definition) is 2. The molecule has 1 aromatic carbocycles. The number of halogens is 3. The van der Waals surface area contributed by atoms with Crippen LogP contribution in [0.15, 0.2) is 12.1 Å². The van der Waals surface area contributed by atoms with Gasteiger partial charge in [-0.15, -0.1) is 0 Å². The van der Waals surface area contributed by atoms with Crippen molar-refractivity contribution in [3.63, 3.8) is 0 Å². The quantitative estimate of drug-likeness (QED) is 0.833. The van der Waals surface area contributed by atoms with Crippen LogP contribution in [0.25, 0.3) is 0 Å². The Bertz CT molecular complexity index is 488. The van der Waals surface area contributed by atoms with Crippen LogP contribution in [0.3, 0.4) is 0 Å². The molecule has 6 heteroatoms. The maximum Gasteiger partial charge on any atom is 0.259 e. The van der Waals surface area contributed by atoms with Gasteiger partial charge >= 0.3 is 0 Å². The molecule has 0 spiro atoms. The van der Waals surface area contributed by atoms with Crippen LogP contribution < -0.4 is 0 Å². The molecule has 3 nitrogen and oxygen atoms in total. The van der Waals surface area contributed by atoms with Crippen molar-refractivity contribution in [2.24, 2.45) is 0 Å². The number of nitriles is 1. The molecule has 1 amide bonds. The van der Waals surface area contributed by atoms with Crippen molar-refractivity contribution < 1.29 is 18.0 Å². The van der Waals surface area contributed by atoms with Crippen LogP contribution in [-0.4, -0.2) is 23.9 Å². The SMILES string of the molecule is CC(CC#N)N(C)C(=O)c1c(F)cc(F)cc1F. The van der Waals surface area contributed by atoms with Gasteiger partial charge in [0.25, 0.3) is 5.91 Å². The van der Waals surface area contributed by atoms with Crippen molar-refractivity contribution in [1.82, 2.24) is 4.90 Å². The second-order valence-corrected chi connectivity index (χ2v) is 3.87. The zero-order chi connectivity index (χ0) is 13.9. The summed E-state index contributed by atoms with van der Waals surface area (Å²) in [5.74, 6) is -4.52. The van der Waals surface area contributed by atoms with Gasteiger partial charge < -0.3 is 4.90 Å². The fourth-order valence-corrected chi connectivity index (χ4v) is 1.39. The van der Waals surface area contributed by atoms with Gasteiger partial charge in [-0.1, -0.05) is 0 Å². The molecule has 0 N–H and O–H groups in total. The molecule has 0 heterocycles. The number of carbonyl (C=O) groups is 1. The van der Waals surface area contributed by atoms with Gasteiger partial charge in [-0.25, -0.2) is 13.2 Å². The van der Waals surface area contributed by atoms with E-state index < -0.39 is 35.0 Å². The highest BCUT2D eigenvalue weighted by atomic mass is 19.1. The minimum Gasteiger partial charge on any atom is -0.338 e. The molecule has 0 saturated carbocycles. The average Bonchev–Trinajstić information content (AvgIpc) is 2.26. The number of amides is 1. The lowest BCUT2D eigenvalue weighted by Crippen LogP contribution is -2.36. The lowest BCUT2D eigenvalue weighted by molar-refractivity contribution is 0.0736. The summed E-state index contributed by atoms with van der Waals surface area (Å²) in [6.45, 7) is 1.57. The van der Waals surface area contributed by atoms with Gasteiger partial charge in [0.2, 0.25) is 0 Å². The largest absolute Gasteiger partial charge is 0.338 e. The maximum atomic E-state index is 13.4. The number of rotatable bonds is 3. The van der Waals surface area contributed by atoms with Gasteiger partial charge in [-0.3, -0.25) is 4.79 Å². The third-order valence-corrected chi connectivity index (χ3v) is 2.59. The van der Waals surface area contributed by atoms with E-state index in [-0.39, 0.29) is 6.42 Å². The van der Waals surface area contributed by atoms with E-state index in [9.17, 15) is 18.0 Å². The minimum absolute atomic E-state index is 0.0344. The van der Waals surface area contributed by atoms with Crippen LogP contribution in [0.1, 0.15) is 23.7 Å². The van der Waals surface area contributed by atoms with Crippen LogP contribution in [-0.2, 0) is 0 Å². The minimum atomic E-state index is -1.26. The Morgan fingerprint density at radius 2 is 1.89 bits per heavy atom. The van der Waals surface area contributed by atoms with Gasteiger partial charge in [0.05, 0.1) is 12.5 Å². The lowest BCUT2D eigenvalue weighted by atomic mass is 10.1. The van der Waals surface area contributed by atoms with Gasteiger partial charge in [0, 0.05) is 25.2 Å². The van der Waals surface area contributed by atoms with Crippen molar-refractivity contribution in [2.45, 2.75) is 19.4 Å². The second-order valence-electron chi connectivity index (χ2n) is 3.87. The van der Waals surface area contributed by atoms with Crippen molar-refractivity contribution in [2.75, 3.05) is 7.05 Å². The molecule has 1 unspecified atom stereocenters. The molecule has 0 bridgehead atoms. The summed E-state index contributed by atoms with van der Waals surface area (Å²) >= 11 is 0. The molecule has 1 atom stereocenters. The van der Waals surface area contributed by atoms with E-state index in [0.29, 0.717) is 12.1 Å². The summed E-state index contributed by atoms with van der Waals surface area (Å²) in [4.78, 5) is 12.9. The van der Waals surface area contributed by atoms with E-state index >= 15 is 0 Å². The molecule has 0 aliphatic carbocycles. The molecule has 18 heavy (non-hydrogen) atoms. The topological polar surface area (TPSA) is 44.1 Å². The Morgan fingerprint density at radius 1 is 1.39 bits per heavy atom. The molecule has 1 aromatic rings. The normalized spacial score (nSPS) is 11.8. The van der Waals surface area contributed by atoms with E-state index in [4.69, 9.17) is 5.26 Å². The fourth-order valence-electron chi connectivity index (χ4n) is 1.39. The van der Waals surface area contributed by atoms with Gasteiger partial charge in [0.15, 0.2) is 0 Å². The van der Waals surface area contributed by atoms with E-state index in [0.717, 1.165) is 4.90 Å². The van der Waals surface area contributed by atoms with Gasteiger partial charge in [-0.2, -0.15) is 5.26 Å². The lowest BCUT2D eigenvalue weighted by Gasteiger charge is -2.23. The number of hydrogen-bond donors (Lipinski definition) is 0. The Labute approximate surface area is 102 Å². The van der Waals surface area contributed by atoms with Crippen LogP contribution >= 0.6 is 0 Å². The number of benzene rings is 1. The standard InChI is InChI=1S/C12H11F3N2O/c1-7(3-4-16)17(2)12(18)11-9(14)5-8(13)6-10(11)15/h5-7H,3H2,1-2H3. The van der Waals surface area contributed by atoms with Crippen LogP contribution in [0.2, 0.25) is 0 Å². The molecule has 0 aliphatic heterocycles. The highest BCUT2D eigenvalue weighted by Gasteiger charge is 2.24. The Kier molecular flexibility index (Phi) is 4.32. The Morgan fingerprint density at radius 3 is 2.33 bits per heavy atom. The first-order chi connectivity index (χ1) is 8.38. The van der Waals surface area contributed by atoms with Crippen LogP contribution in [0.4, 0.5) is 13.2 Å². The number of carbonyl (C=O) groups excluding carboxylic acids is 1. The van der Waals surface area contributed by atoms with E-state index in [1.807, 2.05) is 6.07 Å². The van der Waals surface area contributed by atoms with Crippen LogP contribution in [0.5, 0.6) is 0 Å². The average molecular weight is 256 g/mol. The zero-order valence-corrected chi connectivity index (χ0v) is 9.88. The molecule has 1 rings (SSSR count). The highest BCUT2D eigenvalue weighted by Crippen LogP contribution is 2.17. The molecule has 0 radical (unpaired) electrons. The summed E-state index contributed by atoms with van der Waals surface area (Å²) in [5.41, 5.74) is -0.816. The van der Waals surface area contributed by atoms with Gasteiger partial charge in [0.1, 0.15) is 23.0 Å². The fraction of sp³-hybridized carbons (Fsp3) is 0.333. The van der Waals surface area contributed by atoms with Crippen molar-refractivity contribution in [3.05, 3.63) is 35.1 Å².